The van der Waals surface area contributed by atoms with Crippen molar-refractivity contribution in [2.24, 2.45) is 0 Å². The van der Waals surface area contributed by atoms with Gasteiger partial charge < -0.3 is 16.2 Å². The quantitative estimate of drug-likeness (QED) is 0.378. The number of nitrogen functional groups attached to an aromatic ring is 1. The molecule has 0 bridgehead atoms. The second-order valence-corrected chi connectivity index (χ2v) is 6.42. The molecule has 0 aromatic heterocycles. The van der Waals surface area contributed by atoms with E-state index in [-0.39, 0.29) is 11.3 Å². The Labute approximate surface area is 140 Å². The monoisotopic (exact) mass is 342 g/mol. The van der Waals surface area contributed by atoms with E-state index in [4.69, 9.17) is 5.73 Å². The molecule has 0 spiro atoms. The number of nitrogens with two attached hydrogens (primary N) is 1. The van der Waals surface area contributed by atoms with E-state index in [2.05, 4.69) is 13.8 Å². The number of benzene rings is 3. The molecule has 3 rings (SSSR count). The molecule has 0 radical (unpaired) electrons. The minimum Gasteiger partial charge on any atom is -0.506 e. The number of anilines is 2. The van der Waals surface area contributed by atoms with E-state index in [1.165, 1.54) is 6.07 Å². The van der Waals surface area contributed by atoms with E-state index in [0.717, 1.165) is 10.3 Å². The van der Waals surface area contributed by atoms with Crippen molar-refractivity contribution < 1.29 is 9.90 Å². The Hall–Kier alpha value is -2.23. The molecule has 116 valence electrons. The van der Waals surface area contributed by atoms with E-state index in [9.17, 15) is 9.90 Å². The van der Waals surface area contributed by atoms with Crippen LogP contribution in [0.2, 0.25) is 0 Å². The van der Waals surface area contributed by atoms with Crippen molar-refractivity contribution in [2.45, 2.75) is 4.90 Å². The molecular formula is C17H15N2O2PS. The summed E-state index contributed by atoms with van der Waals surface area (Å²) in [7, 11) is 2.57. The summed E-state index contributed by atoms with van der Waals surface area (Å²) in [5.41, 5.74) is 7.27. The van der Waals surface area contributed by atoms with Crippen LogP contribution in [0.4, 0.5) is 11.4 Å². The first-order valence-electron chi connectivity index (χ1n) is 6.88. The van der Waals surface area contributed by atoms with Gasteiger partial charge in [0.05, 0.1) is 5.56 Å². The first kappa shape index (κ1) is 15.7. The number of phenols is 1. The molecule has 23 heavy (non-hydrogen) atoms. The molecule has 0 fully saturated rings. The minimum atomic E-state index is -0.397. The Kier molecular flexibility index (Phi) is 4.42. The summed E-state index contributed by atoms with van der Waals surface area (Å²) < 4.78 is 0. The summed E-state index contributed by atoms with van der Waals surface area (Å²) in [5.74, 6) is -0.462. The summed E-state index contributed by atoms with van der Waals surface area (Å²) in [4.78, 5) is 13.5. The molecule has 1 unspecified atom stereocenters. The molecule has 3 aromatic rings. The van der Waals surface area contributed by atoms with Gasteiger partial charge in [-0.25, -0.2) is 0 Å². The van der Waals surface area contributed by atoms with Crippen molar-refractivity contribution in [3.05, 3.63) is 60.2 Å². The van der Waals surface area contributed by atoms with Gasteiger partial charge in [-0.05, 0) is 30.3 Å². The number of rotatable bonds is 3. The Morgan fingerprint density at radius 2 is 1.74 bits per heavy atom. The van der Waals surface area contributed by atoms with Gasteiger partial charge in [0.2, 0.25) is 0 Å². The zero-order chi connectivity index (χ0) is 16.4. The standard InChI is InChI=1S/C17H15N2O2PS/c18-15-9-14(16(20)13-4-2-1-3-12(13)15)17(21)19-10-5-7-11(23-22)8-6-10/h1-9,20H,18,22H2,(H,19,21). The Morgan fingerprint density at radius 3 is 2.39 bits per heavy atom. The van der Waals surface area contributed by atoms with Crippen LogP contribution in [0.3, 0.4) is 0 Å². The average molecular weight is 342 g/mol. The highest BCUT2D eigenvalue weighted by Crippen LogP contribution is 2.33. The Bertz CT molecular complexity index is 882. The van der Waals surface area contributed by atoms with E-state index in [1.54, 1.807) is 23.5 Å². The van der Waals surface area contributed by atoms with E-state index in [1.807, 2.05) is 36.4 Å². The van der Waals surface area contributed by atoms with Crippen LogP contribution in [0.15, 0.2) is 59.5 Å². The van der Waals surface area contributed by atoms with Crippen molar-refractivity contribution >= 4 is 47.9 Å². The third-order valence-corrected chi connectivity index (χ3v) is 4.90. The van der Waals surface area contributed by atoms with Crippen molar-refractivity contribution in [2.75, 3.05) is 11.1 Å². The van der Waals surface area contributed by atoms with Gasteiger partial charge in [-0.15, -0.1) is 11.4 Å². The van der Waals surface area contributed by atoms with Crippen LogP contribution in [0.5, 0.6) is 5.75 Å². The molecule has 0 aliphatic heterocycles. The van der Waals surface area contributed by atoms with Crippen LogP contribution in [0.25, 0.3) is 10.8 Å². The number of carbonyl (C=O) groups excluding carboxylic acids is 1. The van der Waals surface area contributed by atoms with Gasteiger partial charge in [0.1, 0.15) is 5.75 Å². The number of phenolic OH excluding ortho intramolecular Hbond substituents is 1. The predicted octanol–water partition coefficient (Wildman–Crippen LogP) is 4.26. The first-order valence-corrected chi connectivity index (χ1v) is 9.18. The fourth-order valence-electron chi connectivity index (χ4n) is 2.38. The van der Waals surface area contributed by atoms with Gasteiger partial charge in [-0.3, -0.25) is 4.79 Å². The van der Waals surface area contributed by atoms with Crippen molar-refractivity contribution in [3.63, 3.8) is 0 Å². The minimum absolute atomic E-state index is 0.0653. The van der Waals surface area contributed by atoms with Crippen LogP contribution in [0.1, 0.15) is 10.4 Å². The van der Waals surface area contributed by atoms with Crippen LogP contribution in [-0.2, 0) is 0 Å². The summed E-state index contributed by atoms with van der Waals surface area (Å²) >= 11 is 1.55. The molecule has 0 aliphatic rings. The predicted molar refractivity (Wildman–Crippen MR) is 100.0 cm³/mol. The summed E-state index contributed by atoms with van der Waals surface area (Å²) in [6.07, 6.45) is 0. The van der Waals surface area contributed by atoms with Gasteiger partial charge in [0, 0.05) is 27.0 Å². The van der Waals surface area contributed by atoms with Gasteiger partial charge in [0.25, 0.3) is 5.91 Å². The molecule has 0 heterocycles. The van der Waals surface area contributed by atoms with Gasteiger partial charge in [-0.1, -0.05) is 32.7 Å². The number of amides is 1. The van der Waals surface area contributed by atoms with Gasteiger partial charge in [0.15, 0.2) is 0 Å². The number of carbonyl (C=O) groups is 1. The zero-order valence-electron chi connectivity index (χ0n) is 12.1. The number of nitrogens with one attached hydrogen (secondary N) is 1. The fourth-order valence-corrected chi connectivity index (χ4v) is 3.14. The lowest BCUT2D eigenvalue weighted by Crippen LogP contribution is -2.12. The number of hydrogen-bond acceptors (Lipinski definition) is 4. The Balaban J connectivity index is 1.95. The lowest BCUT2D eigenvalue weighted by molar-refractivity contribution is 0.102. The lowest BCUT2D eigenvalue weighted by atomic mass is 10.0. The molecule has 1 amide bonds. The van der Waals surface area contributed by atoms with Crippen LogP contribution >= 0.6 is 19.8 Å². The van der Waals surface area contributed by atoms with Crippen molar-refractivity contribution in [1.29, 1.82) is 0 Å². The highest BCUT2D eigenvalue weighted by molar-refractivity contribution is 8.43. The maximum atomic E-state index is 12.4. The van der Waals surface area contributed by atoms with Crippen LogP contribution < -0.4 is 11.1 Å². The second kappa shape index (κ2) is 6.49. The molecule has 0 aliphatic carbocycles. The van der Waals surface area contributed by atoms with Crippen LogP contribution in [0, 0.1) is 0 Å². The normalized spacial score (nSPS) is 10.7. The average Bonchev–Trinajstić information content (AvgIpc) is 2.58. The molecule has 4 nitrogen and oxygen atoms in total. The van der Waals surface area contributed by atoms with Gasteiger partial charge >= 0.3 is 0 Å². The van der Waals surface area contributed by atoms with Crippen LogP contribution in [-0.4, -0.2) is 11.0 Å². The molecule has 0 saturated carbocycles. The highest BCUT2D eigenvalue weighted by Gasteiger charge is 2.16. The molecule has 4 N–H and O–H groups in total. The largest absolute Gasteiger partial charge is 0.506 e. The number of fused-ring (bicyclic) bond motifs is 1. The maximum Gasteiger partial charge on any atom is 0.259 e. The number of aromatic hydroxyl groups is 1. The number of hydrogen-bond donors (Lipinski definition) is 3. The zero-order valence-corrected chi connectivity index (χ0v) is 14.1. The summed E-state index contributed by atoms with van der Waals surface area (Å²) in [5, 5.41) is 14.4. The topological polar surface area (TPSA) is 75.4 Å². The van der Waals surface area contributed by atoms with Crippen molar-refractivity contribution in [3.8, 4) is 5.75 Å². The molecular weight excluding hydrogens is 327 g/mol. The Morgan fingerprint density at radius 1 is 1.09 bits per heavy atom. The summed E-state index contributed by atoms with van der Waals surface area (Å²) in [6, 6.07) is 16.1. The molecule has 3 aromatic carbocycles. The lowest BCUT2D eigenvalue weighted by Gasteiger charge is -2.11. The smallest absolute Gasteiger partial charge is 0.259 e. The van der Waals surface area contributed by atoms with E-state index in [0.29, 0.717) is 16.8 Å². The highest BCUT2D eigenvalue weighted by atomic mass is 32.7. The van der Waals surface area contributed by atoms with E-state index < -0.39 is 5.91 Å². The molecule has 0 saturated heterocycles. The third kappa shape index (κ3) is 3.11. The second-order valence-electron chi connectivity index (χ2n) is 5.00. The first-order chi connectivity index (χ1) is 11.1. The maximum absolute atomic E-state index is 12.4. The molecule has 6 heteroatoms. The fraction of sp³-hybridized carbons (Fsp3) is 0. The third-order valence-electron chi connectivity index (χ3n) is 3.54. The molecule has 1 atom stereocenters. The van der Waals surface area contributed by atoms with Gasteiger partial charge in [-0.2, -0.15) is 0 Å². The SMILES string of the molecule is Nc1cc(C(=O)Nc2ccc(SP)cc2)c(O)c2ccccc12. The summed E-state index contributed by atoms with van der Waals surface area (Å²) in [6.45, 7) is 0. The van der Waals surface area contributed by atoms with E-state index >= 15 is 0 Å². The van der Waals surface area contributed by atoms with Crippen molar-refractivity contribution in [1.82, 2.24) is 0 Å².